The normalized spacial score (nSPS) is 24.1. The number of quaternary nitrogens is 1. The lowest BCUT2D eigenvalue weighted by Gasteiger charge is -2.43. The van der Waals surface area contributed by atoms with Crippen LogP contribution >= 0.6 is 0 Å². The largest absolute Gasteiger partial charge is 0.455 e. The zero-order valence-electron chi connectivity index (χ0n) is 21.7. The maximum Gasteiger partial charge on any atom is 0.364 e. The molecule has 0 radical (unpaired) electrons. The minimum atomic E-state index is -1.37. The number of hydrogen-bond donors (Lipinski definition) is 0. The van der Waals surface area contributed by atoms with Crippen LogP contribution in [0, 0.1) is 12.3 Å². The number of terminal acetylenes is 1. The van der Waals surface area contributed by atoms with Gasteiger partial charge in [0.25, 0.3) is 0 Å². The molecule has 1 unspecified atom stereocenters. The molecule has 0 bridgehead atoms. The molecule has 198 valence electrons. The summed E-state index contributed by atoms with van der Waals surface area (Å²) in [5.74, 6) is 0.212. The predicted octanol–water partition coefficient (Wildman–Crippen LogP) is 2.12. The van der Waals surface area contributed by atoms with E-state index in [1.54, 1.807) is 27.9 Å². The van der Waals surface area contributed by atoms with E-state index in [0.29, 0.717) is 25.8 Å². The molecule has 0 aromatic heterocycles. The first kappa shape index (κ1) is 30.4. The summed E-state index contributed by atoms with van der Waals surface area (Å²) in [5, 5.41) is 0. The molecule has 0 aromatic carbocycles. The fourth-order valence-electron chi connectivity index (χ4n) is 3.55. The van der Waals surface area contributed by atoms with E-state index in [1.165, 1.54) is 0 Å². The Bertz CT molecular complexity index is 773. The number of ether oxygens (including phenoxy) is 5. The Balaban J connectivity index is 3.28. The van der Waals surface area contributed by atoms with E-state index < -0.39 is 54.6 Å². The van der Waals surface area contributed by atoms with Crippen molar-refractivity contribution in [1.82, 2.24) is 0 Å². The van der Waals surface area contributed by atoms with Crippen molar-refractivity contribution in [1.29, 1.82) is 0 Å². The maximum absolute atomic E-state index is 12.7. The van der Waals surface area contributed by atoms with Gasteiger partial charge in [0.05, 0.1) is 20.2 Å². The molecular weight excluding hydrogens is 458 g/mol. The van der Waals surface area contributed by atoms with Crippen molar-refractivity contribution < 1.29 is 47.3 Å². The molecule has 0 N–H and O–H groups in total. The average Bonchev–Trinajstić information content (AvgIpc) is 2.73. The van der Waals surface area contributed by atoms with Crippen LogP contribution in [0.4, 0.5) is 0 Å². The van der Waals surface area contributed by atoms with Crippen molar-refractivity contribution in [2.45, 2.75) is 96.9 Å². The Morgan fingerprint density at radius 2 is 1.23 bits per heavy atom. The van der Waals surface area contributed by atoms with Crippen LogP contribution < -0.4 is 0 Å². The number of carbonyl (C=O) groups excluding carboxylic acids is 4. The number of likely N-dealkylation sites (N-methyl/N-ethyl adjacent to an activating group) is 1. The summed E-state index contributed by atoms with van der Waals surface area (Å²) in [6.45, 7) is 7.27. The molecule has 0 amide bonds. The summed E-state index contributed by atoms with van der Waals surface area (Å²) in [6, 6.07) is 0. The van der Waals surface area contributed by atoms with Crippen LogP contribution in [0.25, 0.3) is 0 Å². The monoisotopic (exact) mass is 498 g/mol. The Labute approximate surface area is 208 Å². The van der Waals surface area contributed by atoms with Gasteiger partial charge in [-0.15, -0.1) is 6.42 Å². The van der Waals surface area contributed by atoms with Gasteiger partial charge in [-0.25, -0.2) is 4.79 Å². The molecule has 1 saturated heterocycles. The maximum atomic E-state index is 12.7. The number of rotatable bonds is 13. The molecule has 1 aliphatic heterocycles. The van der Waals surface area contributed by atoms with Gasteiger partial charge in [-0.2, -0.15) is 0 Å². The second kappa shape index (κ2) is 14.7. The summed E-state index contributed by atoms with van der Waals surface area (Å²) >= 11 is 0. The van der Waals surface area contributed by atoms with E-state index in [9.17, 15) is 19.2 Å². The first-order valence-corrected chi connectivity index (χ1v) is 12.2. The van der Waals surface area contributed by atoms with Crippen molar-refractivity contribution >= 4 is 23.9 Å². The molecule has 10 nitrogen and oxygen atoms in total. The van der Waals surface area contributed by atoms with E-state index in [4.69, 9.17) is 30.1 Å². The quantitative estimate of drug-likeness (QED) is 0.163. The average molecular weight is 499 g/mol. The summed E-state index contributed by atoms with van der Waals surface area (Å²) in [4.78, 5) is 49.9. The van der Waals surface area contributed by atoms with Gasteiger partial charge in [-0.1, -0.05) is 20.8 Å². The van der Waals surface area contributed by atoms with Gasteiger partial charge in [0.15, 0.2) is 18.8 Å². The second-order valence-electron chi connectivity index (χ2n) is 9.27. The van der Waals surface area contributed by atoms with E-state index in [0.717, 1.165) is 0 Å². The highest BCUT2D eigenvalue weighted by atomic mass is 16.7. The van der Waals surface area contributed by atoms with Gasteiger partial charge in [0.2, 0.25) is 12.4 Å². The Morgan fingerprint density at radius 3 is 1.69 bits per heavy atom. The molecule has 1 rings (SSSR count). The third-order valence-electron chi connectivity index (χ3n) is 5.22. The van der Waals surface area contributed by atoms with Crippen LogP contribution in [0.2, 0.25) is 0 Å². The lowest BCUT2D eigenvalue weighted by Crippen LogP contribution is -2.62. The van der Waals surface area contributed by atoms with E-state index in [2.05, 4.69) is 5.92 Å². The van der Waals surface area contributed by atoms with Crippen molar-refractivity contribution in [2.24, 2.45) is 0 Å². The first-order chi connectivity index (χ1) is 16.5. The minimum absolute atomic E-state index is 0.0662. The molecule has 0 aliphatic carbocycles. The minimum Gasteiger partial charge on any atom is -0.455 e. The predicted molar refractivity (Wildman–Crippen MR) is 125 cm³/mol. The van der Waals surface area contributed by atoms with Gasteiger partial charge >= 0.3 is 23.9 Å². The van der Waals surface area contributed by atoms with Gasteiger partial charge < -0.3 is 28.2 Å². The molecule has 0 spiro atoms. The Kier molecular flexibility index (Phi) is 12.8. The number of carbonyl (C=O) groups is 4. The first-order valence-electron chi connectivity index (χ1n) is 12.2. The number of esters is 4. The van der Waals surface area contributed by atoms with Crippen molar-refractivity contribution in [3.63, 3.8) is 0 Å². The van der Waals surface area contributed by atoms with Crippen LogP contribution in [0.1, 0.15) is 66.2 Å². The van der Waals surface area contributed by atoms with Crippen LogP contribution in [0.15, 0.2) is 0 Å². The topological polar surface area (TPSA) is 114 Å². The summed E-state index contributed by atoms with van der Waals surface area (Å²) in [5.41, 5.74) is 0. The molecule has 1 aliphatic rings. The fourth-order valence-corrected chi connectivity index (χ4v) is 3.55. The molecular formula is C25H40NO9+. The van der Waals surface area contributed by atoms with Crippen molar-refractivity contribution in [3.05, 3.63) is 0 Å². The summed E-state index contributed by atoms with van der Waals surface area (Å²) in [7, 11) is 3.53. The van der Waals surface area contributed by atoms with Crippen LogP contribution in [0.5, 0.6) is 0 Å². The lowest BCUT2D eigenvalue weighted by atomic mass is 9.98. The summed E-state index contributed by atoms with van der Waals surface area (Å²) < 4.78 is 28.4. The number of nitrogens with zero attached hydrogens (tertiary/aromatic N) is 1. The van der Waals surface area contributed by atoms with Gasteiger partial charge in [-0.05, 0) is 32.1 Å². The van der Waals surface area contributed by atoms with Crippen LogP contribution in [0.3, 0.4) is 0 Å². The van der Waals surface area contributed by atoms with E-state index >= 15 is 0 Å². The highest BCUT2D eigenvalue weighted by Gasteiger charge is 2.52. The lowest BCUT2D eigenvalue weighted by molar-refractivity contribution is -0.875. The smallest absolute Gasteiger partial charge is 0.364 e. The molecule has 5 atom stereocenters. The van der Waals surface area contributed by atoms with Crippen molar-refractivity contribution in [2.75, 3.05) is 27.2 Å². The van der Waals surface area contributed by atoms with Gasteiger partial charge in [0.1, 0.15) is 6.54 Å². The van der Waals surface area contributed by atoms with Crippen LogP contribution in [-0.2, 0) is 42.9 Å². The zero-order chi connectivity index (χ0) is 26.6. The highest BCUT2D eigenvalue weighted by Crippen LogP contribution is 2.30. The number of hydrogen-bond acceptors (Lipinski definition) is 9. The Hall–Kier alpha value is -2.64. The molecule has 1 heterocycles. The fraction of sp³-hybridized carbons (Fsp3) is 0.760. The third-order valence-corrected chi connectivity index (χ3v) is 5.22. The molecule has 10 heteroatoms. The Morgan fingerprint density at radius 1 is 0.771 bits per heavy atom. The van der Waals surface area contributed by atoms with E-state index in [1.807, 2.05) is 13.8 Å². The molecule has 1 fully saturated rings. The molecule has 35 heavy (non-hydrogen) atoms. The van der Waals surface area contributed by atoms with Crippen molar-refractivity contribution in [3.8, 4) is 12.3 Å². The highest BCUT2D eigenvalue weighted by molar-refractivity contribution is 5.72. The van der Waals surface area contributed by atoms with Crippen LogP contribution in [-0.4, -0.2) is 86.3 Å². The second-order valence-corrected chi connectivity index (χ2v) is 9.27. The molecule has 0 saturated carbocycles. The SMILES string of the molecule is C#CC[N+](C)(C)CC(=O)OC1O[C@@H](C)[C@H](OC(=O)CCC)[C@@H](OC(=O)CCC)[C@H]1OC(=O)CCC. The van der Waals surface area contributed by atoms with Gasteiger partial charge in [0, 0.05) is 19.3 Å². The third kappa shape index (κ3) is 10.2. The summed E-state index contributed by atoms with van der Waals surface area (Å²) in [6.07, 6.45) is 1.54. The van der Waals surface area contributed by atoms with Gasteiger partial charge in [-0.3, -0.25) is 14.4 Å². The van der Waals surface area contributed by atoms with E-state index in [-0.39, 0.29) is 30.3 Å². The molecule has 0 aromatic rings. The zero-order valence-corrected chi connectivity index (χ0v) is 21.7. The standard InChI is InChI=1S/C25H40NO9/c1-8-12-18(27)32-22-17(5)31-25(35-21(30)16-26(6,7)15-11-4)24(34-20(29)14-10-3)23(22)33-19(28)13-9-2/h4,17,22-25H,8-10,12-16H2,1-3,5-7H3/q+1/t17-,22-,23+,24+,25?/m0/s1.